The lowest BCUT2D eigenvalue weighted by Crippen LogP contribution is -2.10. The molecule has 2 N–H and O–H groups in total. The molecule has 1 aliphatic carbocycles. The van der Waals surface area contributed by atoms with Crippen LogP contribution in [-0.4, -0.2) is 5.91 Å². The summed E-state index contributed by atoms with van der Waals surface area (Å²) in [6.45, 7) is 0. The van der Waals surface area contributed by atoms with Gasteiger partial charge < -0.3 is 5.73 Å². The second kappa shape index (κ2) is 2.48. The Hall–Kier alpha value is -1.57. The topological polar surface area (TPSA) is 43.1 Å². The Morgan fingerprint density at radius 2 is 2.25 bits per heavy atom. The Balaban J connectivity index is 2.51. The van der Waals surface area contributed by atoms with E-state index in [0.29, 0.717) is 5.56 Å². The van der Waals surface area contributed by atoms with Crippen LogP contribution >= 0.6 is 0 Å². The van der Waals surface area contributed by atoms with Gasteiger partial charge in [0, 0.05) is 5.56 Å². The van der Waals surface area contributed by atoms with Gasteiger partial charge in [0.15, 0.2) is 0 Å². The fourth-order valence-electron chi connectivity index (χ4n) is 1.40. The quantitative estimate of drug-likeness (QED) is 0.660. The molecule has 0 aromatic heterocycles. The highest BCUT2D eigenvalue weighted by Crippen LogP contribution is 2.20. The molecule has 0 saturated carbocycles. The van der Waals surface area contributed by atoms with E-state index in [9.17, 15) is 4.79 Å². The third-order valence-electron chi connectivity index (χ3n) is 2.07. The van der Waals surface area contributed by atoms with Crippen LogP contribution in [0.4, 0.5) is 0 Å². The molecule has 0 heterocycles. The van der Waals surface area contributed by atoms with Crippen LogP contribution in [0.2, 0.25) is 0 Å². The molecule has 0 radical (unpaired) electrons. The molecule has 1 amide bonds. The number of allylic oxidation sites excluding steroid dienone is 1. The summed E-state index contributed by atoms with van der Waals surface area (Å²) in [5.74, 6) is -0.363. The average molecular weight is 159 g/mol. The summed E-state index contributed by atoms with van der Waals surface area (Å²) in [7, 11) is 0. The van der Waals surface area contributed by atoms with Gasteiger partial charge in [0.2, 0.25) is 5.91 Å². The normalized spacial score (nSPS) is 13.0. The minimum Gasteiger partial charge on any atom is -0.366 e. The lowest BCUT2D eigenvalue weighted by molar-refractivity contribution is 0.100. The molecule has 60 valence electrons. The summed E-state index contributed by atoms with van der Waals surface area (Å²) in [5.41, 5.74) is 8.11. The molecule has 0 aliphatic heterocycles. The maximum absolute atomic E-state index is 10.8. The van der Waals surface area contributed by atoms with Gasteiger partial charge in [-0.2, -0.15) is 0 Å². The summed E-state index contributed by atoms with van der Waals surface area (Å²) in [4.78, 5) is 10.8. The van der Waals surface area contributed by atoms with Gasteiger partial charge in [0.25, 0.3) is 0 Å². The maximum Gasteiger partial charge on any atom is 0.248 e. The van der Waals surface area contributed by atoms with E-state index in [2.05, 4.69) is 6.08 Å². The fourth-order valence-corrected chi connectivity index (χ4v) is 1.40. The smallest absolute Gasteiger partial charge is 0.248 e. The number of fused-ring (bicyclic) bond motifs is 1. The molecule has 1 aromatic carbocycles. The highest BCUT2D eigenvalue weighted by molar-refractivity contribution is 5.93. The highest BCUT2D eigenvalue weighted by Gasteiger charge is 2.07. The van der Waals surface area contributed by atoms with Gasteiger partial charge in [0.1, 0.15) is 0 Å². The lowest BCUT2D eigenvalue weighted by Gasteiger charge is -1.99. The van der Waals surface area contributed by atoms with Gasteiger partial charge in [-0.1, -0.05) is 18.2 Å². The molecule has 0 fully saturated rings. The number of benzene rings is 1. The van der Waals surface area contributed by atoms with E-state index in [1.54, 1.807) is 6.07 Å². The van der Waals surface area contributed by atoms with E-state index in [0.717, 1.165) is 12.0 Å². The average Bonchev–Trinajstić information content (AvgIpc) is 2.49. The molecule has 1 aliphatic rings. The maximum atomic E-state index is 10.8. The predicted octanol–water partition coefficient (Wildman–Crippen LogP) is 1.35. The van der Waals surface area contributed by atoms with Crippen molar-refractivity contribution in [3.8, 4) is 0 Å². The molecule has 2 heteroatoms. The van der Waals surface area contributed by atoms with Crippen molar-refractivity contribution in [2.45, 2.75) is 6.42 Å². The minimum absolute atomic E-state index is 0.363. The molecule has 0 unspecified atom stereocenters. The van der Waals surface area contributed by atoms with E-state index in [1.165, 1.54) is 5.56 Å². The Labute approximate surface area is 70.7 Å². The third kappa shape index (κ3) is 1.01. The first-order valence-electron chi connectivity index (χ1n) is 3.86. The van der Waals surface area contributed by atoms with Crippen LogP contribution in [0.15, 0.2) is 24.3 Å². The van der Waals surface area contributed by atoms with Gasteiger partial charge in [-0.05, 0) is 29.7 Å². The van der Waals surface area contributed by atoms with Gasteiger partial charge >= 0.3 is 0 Å². The molecule has 2 nitrogen and oxygen atoms in total. The van der Waals surface area contributed by atoms with Crippen molar-refractivity contribution in [3.63, 3.8) is 0 Å². The molecule has 1 aromatic rings. The number of rotatable bonds is 1. The SMILES string of the molecule is NC(=O)c1ccc2c(c1)C=CC2. The Kier molecular flexibility index (Phi) is 1.47. The van der Waals surface area contributed by atoms with Gasteiger partial charge in [-0.3, -0.25) is 4.79 Å². The fraction of sp³-hybridized carbons (Fsp3) is 0.100. The van der Waals surface area contributed by atoms with Crippen LogP contribution < -0.4 is 5.73 Å². The molecule has 0 bridgehead atoms. The monoisotopic (exact) mass is 159 g/mol. The number of primary amides is 1. The zero-order valence-corrected chi connectivity index (χ0v) is 6.58. The van der Waals surface area contributed by atoms with E-state index < -0.39 is 0 Å². The van der Waals surface area contributed by atoms with E-state index >= 15 is 0 Å². The standard InChI is InChI=1S/C10H9NO/c11-10(12)9-5-4-7-2-1-3-8(7)6-9/h1,3-6H,2H2,(H2,11,12). The van der Waals surface area contributed by atoms with Crippen molar-refractivity contribution >= 4 is 12.0 Å². The van der Waals surface area contributed by atoms with Crippen molar-refractivity contribution in [1.29, 1.82) is 0 Å². The van der Waals surface area contributed by atoms with Gasteiger partial charge in [-0.25, -0.2) is 0 Å². The minimum atomic E-state index is -0.363. The van der Waals surface area contributed by atoms with Crippen molar-refractivity contribution in [2.24, 2.45) is 5.73 Å². The van der Waals surface area contributed by atoms with E-state index in [1.807, 2.05) is 18.2 Å². The zero-order valence-electron chi connectivity index (χ0n) is 6.58. The van der Waals surface area contributed by atoms with Crippen LogP contribution in [0, 0.1) is 0 Å². The van der Waals surface area contributed by atoms with Crippen molar-refractivity contribution < 1.29 is 4.79 Å². The Morgan fingerprint density at radius 3 is 3.00 bits per heavy atom. The van der Waals surface area contributed by atoms with Crippen molar-refractivity contribution in [2.75, 3.05) is 0 Å². The first-order valence-corrected chi connectivity index (χ1v) is 3.86. The summed E-state index contributed by atoms with van der Waals surface area (Å²) in [6, 6.07) is 5.56. The van der Waals surface area contributed by atoms with Crippen molar-refractivity contribution in [3.05, 3.63) is 41.0 Å². The second-order valence-corrected chi connectivity index (χ2v) is 2.88. The third-order valence-corrected chi connectivity index (χ3v) is 2.07. The number of carbonyl (C=O) groups excluding carboxylic acids is 1. The first-order chi connectivity index (χ1) is 5.77. The second-order valence-electron chi connectivity index (χ2n) is 2.88. The number of carbonyl (C=O) groups is 1. The van der Waals surface area contributed by atoms with Crippen LogP contribution in [-0.2, 0) is 6.42 Å². The van der Waals surface area contributed by atoms with Crippen LogP contribution in [0.1, 0.15) is 21.5 Å². The van der Waals surface area contributed by atoms with Gasteiger partial charge in [0.05, 0.1) is 0 Å². The summed E-state index contributed by atoms with van der Waals surface area (Å²) >= 11 is 0. The van der Waals surface area contributed by atoms with Crippen LogP contribution in [0.3, 0.4) is 0 Å². The summed E-state index contributed by atoms with van der Waals surface area (Å²) in [6.07, 6.45) is 5.06. The molecule has 0 saturated heterocycles. The zero-order chi connectivity index (χ0) is 8.55. The van der Waals surface area contributed by atoms with Crippen molar-refractivity contribution in [1.82, 2.24) is 0 Å². The first kappa shape index (κ1) is 7.10. The Bertz CT molecular complexity index is 366. The molecular weight excluding hydrogens is 150 g/mol. The Morgan fingerprint density at radius 1 is 1.42 bits per heavy atom. The molecule has 12 heavy (non-hydrogen) atoms. The molecular formula is C10H9NO. The molecule has 0 atom stereocenters. The number of amides is 1. The number of hydrogen-bond donors (Lipinski definition) is 1. The van der Waals surface area contributed by atoms with E-state index in [4.69, 9.17) is 5.73 Å². The molecule has 0 spiro atoms. The lowest BCUT2D eigenvalue weighted by atomic mass is 10.1. The summed E-state index contributed by atoms with van der Waals surface area (Å²) < 4.78 is 0. The van der Waals surface area contributed by atoms with Gasteiger partial charge in [-0.15, -0.1) is 0 Å². The highest BCUT2D eigenvalue weighted by atomic mass is 16.1. The predicted molar refractivity (Wildman–Crippen MR) is 47.7 cm³/mol. The van der Waals surface area contributed by atoms with E-state index in [-0.39, 0.29) is 5.91 Å². The number of hydrogen-bond acceptors (Lipinski definition) is 1. The molecule has 2 rings (SSSR count). The van der Waals surface area contributed by atoms with Crippen LogP contribution in [0.5, 0.6) is 0 Å². The summed E-state index contributed by atoms with van der Waals surface area (Å²) in [5, 5.41) is 0. The number of nitrogens with two attached hydrogens (primary N) is 1. The largest absolute Gasteiger partial charge is 0.366 e. The van der Waals surface area contributed by atoms with Crippen LogP contribution in [0.25, 0.3) is 6.08 Å².